The van der Waals surface area contributed by atoms with Crippen molar-refractivity contribution in [1.82, 2.24) is 9.97 Å². The standard InChI is InChI=1S/C14H16BrN3S/c1-14(2)4-10(16)12-11(5-14)18-13(19-12)8-3-9(15)7-17-6-8/h3,6-7,10H,4-5,16H2,1-2H3. The van der Waals surface area contributed by atoms with Gasteiger partial charge in [0.15, 0.2) is 0 Å². The molecule has 0 aliphatic heterocycles. The second-order valence-electron chi connectivity index (χ2n) is 5.87. The van der Waals surface area contributed by atoms with E-state index in [4.69, 9.17) is 10.7 Å². The second-order valence-corrected chi connectivity index (χ2v) is 7.82. The van der Waals surface area contributed by atoms with Gasteiger partial charge in [0, 0.05) is 33.3 Å². The minimum absolute atomic E-state index is 0.116. The van der Waals surface area contributed by atoms with Crippen LogP contribution in [0.15, 0.2) is 22.9 Å². The predicted octanol–water partition coefficient (Wildman–Crippen LogP) is 3.94. The molecule has 0 bridgehead atoms. The maximum absolute atomic E-state index is 6.29. The summed E-state index contributed by atoms with van der Waals surface area (Å²) in [5.41, 5.74) is 8.76. The normalized spacial score (nSPS) is 21.2. The molecule has 0 amide bonds. The van der Waals surface area contributed by atoms with E-state index in [0.717, 1.165) is 27.9 Å². The van der Waals surface area contributed by atoms with Crippen molar-refractivity contribution in [2.45, 2.75) is 32.7 Å². The number of hydrogen-bond donors (Lipinski definition) is 1. The number of pyridine rings is 1. The molecule has 0 radical (unpaired) electrons. The van der Waals surface area contributed by atoms with Gasteiger partial charge in [0.1, 0.15) is 5.01 Å². The Bertz CT molecular complexity index is 621. The Morgan fingerprint density at radius 3 is 2.95 bits per heavy atom. The molecule has 3 rings (SSSR count). The number of nitrogens with two attached hydrogens (primary N) is 1. The van der Waals surface area contributed by atoms with Crippen molar-refractivity contribution in [3.05, 3.63) is 33.5 Å². The molecule has 0 aromatic carbocycles. The summed E-state index contributed by atoms with van der Waals surface area (Å²) < 4.78 is 0.975. The third-order valence-corrected chi connectivity index (χ3v) is 5.15. The molecule has 2 aromatic rings. The first kappa shape index (κ1) is 13.2. The average Bonchev–Trinajstić information content (AvgIpc) is 2.71. The van der Waals surface area contributed by atoms with Gasteiger partial charge in [-0.3, -0.25) is 4.98 Å². The van der Waals surface area contributed by atoms with E-state index >= 15 is 0 Å². The molecule has 0 saturated heterocycles. The highest BCUT2D eigenvalue weighted by atomic mass is 79.9. The van der Waals surface area contributed by atoms with E-state index in [2.05, 4.69) is 34.8 Å². The summed E-state index contributed by atoms with van der Waals surface area (Å²) in [6, 6.07) is 2.17. The van der Waals surface area contributed by atoms with Gasteiger partial charge in [-0.15, -0.1) is 11.3 Å². The Morgan fingerprint density at radius 1 is 1.42 bits per heavy atom. The van der Waals surface area contributed by atoms with Crippen molar-refractivity contribution in [2.75, 3.05) is 0 Å². The molecule has 3 nitrogen and oxygen atoms in total. The van der Waals surface area contributed by atoms with Crippen molar-refractivity contribution in [1.29, 1.82) is 0 Å². The molecule has 5 heteroatoms. The lowest BCUT2D eigenvalue weighted by Crippen LogP contribution is -2.28. The van der Waals surface area contributed by atoms with Crippen LogP contribution in [0.1, 0.15) is 36.9 Å². The molecule has 2 heterocycles. The average molecular weight is 338 g/mol. The van der Waals surface area contributed by atoms with Gasteiger partial charge in [-0.05, 0) is 40.3 Å². The highest BCUT2D eigenvalue weighted by Crippen LogP contribution is 2.43. The number of halogens is 1. The smallest absolute Gasteiger partial charge is 0.125 e. The van der Waals surface area contributed by atoms with Crippen LogP contribution in [0, 0.1) is 5.41 Å². The fourth-order valence-electron chi connectivity index (χ4n) is 2.65. The van der Waals surface area contributed by atoms with E-state index < -0.39 is 0 Å². The predicted molar refractivity (Wildman–Crippen MR) is 82.1 cm³/mol. The molecule has 1 unspecified atom stereocenters. The summed E-state index contributed by atoms with van der Waals surface area (Å²) in [6.45, 7) is 4.52. The molecule has 2 N–H and O–H groups in total. The Morgan fingerprint density at radius 2 is 2.21 bits per heavy atom. The lowest BCUT2D eigenvalue weighted by molar-refractivity contribution is 0.282. The highest BCUT2D eigenvalue weighted by Gasteiger charge is 2.33. The summed E-state index contributed by atoms with van der Waals surface area (Å²) in [5, 5.41) is 1.02. The number of fused-ring (bicyclic) bond motifs is 1. The summed E-state index contributed by atoms with van der Waals surface area (Å²) in [7, 11) is 0. The van der Waals surface area contributed by atoms with E-state index in [0.29, 0.717) is 0 Å². The van der Waals surface area contributed by atoms with Gasteiger partial charge < -0.3 is 5.73 Å². The lowest BCUT2D eigenvalue weighted by atomic mass is 9.77. The van der Waals surface area contributed by atoms with E-state index in [9.17, 15) is 0 Å². The molecule has 1 aliphatic carbocycles. The van der Waals surface area contributed by atoms with Gasteiger partial charge >= 0.3 is 0 Å². The number of hydrogen-bond acceptors (Lipinski definition) is 4. The van der Waals surface area contributed by atoms with Crippen LogP contribution < -0.4 is 5.73 Å². The second kappa shape index (κ2) is 4.65. The Kier molecular flexibility index (Phi) is 3.23. The summed E-state index contributed by atoms with van der Waals surface area (Å²) in [5.74, 6) is 0. The molecular formula is C14H16BrN3S. The first-order chi connectivity index (χ1) is 8.94. The number of thiazole rings is 1. The SMILES string of the molecule is CC1(C)Cc2nc(-c3cncc(Br)c3)sc2C(N)C1. The van der Waals surface area contributed by atoms with Crippen LogP contribution in [0.3, 0.4) is 0 Å². The van der Waals surface area contributed by atoms with Crippen molar-refractivity contribution in [2.24, 2.45) is 11.1 Å². The van der Waals surface area contributed by atoms with Gasteiger partial charge in [0.2, 0.25) is 0 Å². The number of nitrogens with zero attached hydrogens (tertiary/aromatic N) is 2. The largest absolute Gasteiger partial charge is 0.323 e. The third-order valence-electron chi connectivity index (χ3n) is 3.43. The van der Waals surface area contributed by atoms with Crippen LogP contribution in [0.4, 0.5) is 0 Å². The van der Waals surface area contributed by atoms with Gasteiger partial charge in [-0.2, -0.15) is 0 Å². The molecule has 0 spiro atoms. The zero-order valence-corrected chi connectivity index (χ0v) is 13.4. The summed E-state index contributed by atoms with van der Waals surface area (Å²) in [4.78, 5) is 10.2. The van der Waals surface area contributed by atoms with Crippen molar-refractivity contribution in [3.63, 3.8) is 0 Å². The first-order valence-corrected chi connectivity index (χ1v) is 7.92. The number of rotatable bonds is 1. The lowest BCUT2D eigenvalue weighted by Gasteiger charge is -2.32. The summed E-state index contributed by atoms with van der Waals surface area (Å²) >= 11 is 5.16. The molecular weight excluding hydrogens is 322 g/mol. The van der Waals surface area contributed by atoms with Gasteiger partial charge in [-0.1, -0.05) is 13.8 Å². The fourth-order valence-corrected chi connectivity index (χ4v) is 4.07. The zero-order valence-electron chi connectivity index (χ0n) is 11.0. The van der Waals surface area contributed by atoms with Crippen LogP contribution in [0.2, 0.25) is 0 Å². The van der Waals surface area contributed by atoms with Crippen LogP contribution >= 0.6 is 27.3 Å². The fraction of sp³-hybridized carbons (Fsp3) is 0.429. The Labute approximate surface area is 125 Å². The van der Waals surface area contributed by atoms with E-state index in [-0.39, 0.29) is 11.5 Å². The van der Waals surface area contributed by atoms with E-state index in [1.807, 2.05) is 12.3 Å². The van der Waals surface area contributed by atoms with Gasteiger partial charge in [0.25, 0.3) is 0 Å². The minimum atomic E-state index is 0.116. The molecule has 1 atom stereocenters. The van der Waals surface area contributed by atoms with Crippen molar-refractivity contribution >= 4 is 27.3 Å². The zero-order chi connectivity index (χ0) is 13.6. The van der Waals surface area contributed by atoms with E-state index in [1.54, 1.807) is 17.5 Å². The van der Waals surface area contributed by atoms with Crippen LogP contribution in [0.5, 0.6) is 0 Å². The van der Waals surface area contributed by atoms with Crippen LogP contribution in [-0.4, -0.2) is 9.97 Å². The topological polar surface area (TPSA) is 51.8 Å². The Hall–Kier alpha value is -0.780. The highest BCUT2D eigenvalue weighted by molar-refractivity contribution is 9.10. The first-order valence-electron chi connectivity index (χ1n) is 6.31. The van der Waals surface area contributed by atoms with Crippen LogP contribution in [0.25, 0.3) is 10.6 Å². The van der Waals surface area contributed by atoms with Crippen LogP contribution in [-0.2, 0) is 6.42 Å². The van der Waals surface area contributed by atoms with Crippen molar-refractivity contribution < 1.29 is 0 Å². The molecule has 2 aromatic heterocycles. The molecule has 0 fully saturated rings. The van der Waals surface area contributed by atoms with Crippen molar-refractivity contribution in [3.8, 4) is 10.6 Å². The van der Waals surface area contributed by atoms with Gasteiger partial charge in [0.05, 0.1) is 5.69 Å². The molecule has 100 valence electrons. The van der Waals surface area contributed by atoms with Gasteiger partial charge in [-0.25, -0.2) is 4.98 Å². The maximum Gasteiger partial charge on any atom is 0.125 e. The molecule has 19 heavy (non-hydrogen) atoms. The monoisotopic (exact) mass is 337 g/mol. The summed E-state index contributed by atoms with van der Waals surface area (Å²) in [6.07, 6.45) is 5.67. The molecule has 1 aliphatic rings. The Balaban J connectivity index is 2.04. The minimum Gasteiger partial charge on any atom is -0.323 e. The quantitative estimate of drug-likeness (QED) is 0.857. The number of aromatic nitrogens is 2. The molecule has 0 saturated carbocycles. The van der Waals surface area contributed by atoms with E-state index in [1.165, 1.54) is 10.6 Å². The third kappa shape index (κ3) is 2.59. The maximum atomic E-state index is 6.29.